The second-order valence-corrected chi connectivity index (χ2v) is 6.28. The standard InChI is InChI=1S/C14H20N2OS/c17-12-8-6-7-11-13(12)18-14(15-11)16-9-4-2-1-3-5-10-16/h1-10H2. The summed E-state index contributed by atoms with van der Waals surface area (Å²) in [4.78, 5) is 19.9. The molecular weight excluding hydrogens is 244 g/mol. The smallest absolute Gasteiger partial charge is 0.186 e. The Bertz CT molecular complexity index is 433. The summed E-state index contributed by atoms with van der Waals surface area (Å²) in [5.41, 5.74) is 1.06. The SMILES string of the molecule is O=C1CCCc2nc(N3CCCCCCC3)sc21. The fraction of sp³-hybridized carbons (Fsp3) is 0.714. The highest BCUT2D eigenvalue weighted by Gasteiger charge is 2.24. The summed E-state index contributed by atoms with van der Waals surface area (Å²) in [6.45, 7) is 2.22. The molecule has 98 valence electrons. The molecule has 0 N–H and O–H groups in total. The Balaban J connectivity index is 1.80. The average Bonchev–Trinajstić information content (AvgIpc) is 2.73. The minimum absolute atomic E-state index is 0.312. The molecule has 0 atom stereocenters. The van der Waals surface area contributed by atoms with Crippen LogP contribution in [0.1, 0.15) is 60.3 Å². The molecule has 3 nitrogen and oxygen atoms in total. The predicted molar refractivity (Wildman–Crippen MR) is 74.7 cm³/mol. The minimum atomic E-state index is 0.312. The van der Waals surface area contributed by atoms with Crippen molar-refractivity contribution in [2.75, 3.05) is 18.0 Å². The van der Waals surface area contributed by atoms with Gasteiger partial charge in [0.1, 0.15) is 0 Å². The Kier molecular flexibility index (Phi) is 3.64. The topological polar surface area (TPSA) is 33.2 Å². The van der Waals surface area contributed by atoms with Gasteiger partial charge in [-0.05, 0) is 25.7 Å². The van der Waals surface area contributed by atoms with E-state index in [2.05, 4.69) is 4.90 Å². The first kappa shape index (κ1) is 12.2. The summed E-state index contributed by atoms with van der Waals surface area (Å²) in [6, 6.07) is 0. The van der Waals surface area contributed by atoms with Gasteiger partial charge in [-0.1, -0.05) is 30.6 Å². The Morgan fingerprint density at radius 2 is 1.67 bits per heavy atom. The third kappa shape index (κ3) is 2.44. The van der Waals surface area contributed by atoms with Gasteiger partial charge in [0.05, 0.1) is 10.6 Å². The number of anilines is 1. The van der Waals surface area contributed by atoms with Gasteiger partial charge in [-0.3, -0.25) is 4.79 Å². The van der Waals surface area contributed by atoms with Crippen LogP contribution in [0.25, 0.3) is 0 Å². The van der Waals surface area contributed by atoms with Gasteiger partial charge in [-0.15, -0.1) is 0 Å². The largest absolute Gasteiger partial charge is 0.348 e. The first-order valence-corrected chi connectivity index (χ1v) is 7.94. The van der Waals surface area contributed by atoms with Crippen LogP contribution in [0.15, 0.2) is 0 Å². The van der Waals surface area contributed by atoms with Crippen molar-refractivity contribution in [3.05, 3.63) is 10.6 Å². The fourth-order valence-corrected chi connectivity index (χ4v) is 3.96. The summed E-state index contributed by atoms with van der Waals surface area (Å²) in [6.07, 6.45) is 9.26. The zero-order valence-electron chi connectivity index (χ0n) is 10.8. The molecule has 0 radical (unpaired) electrons. The molecule has 1 aliphatic heterocycles. The van der Waals surface area contributed by atoms with Crippen LogP contribution in [0.5, 0.6) is 0 Å². The van der Waals surface area contributed by atoms with Crippen LogP contribution in [0, 0.1) is 0 Å². The molecule has 0 saturated carbocycles. The molecule has 3 rings (SSSR count). The second kappa shape index (κ2) is 5.39. The summed E-state index contributed by atoms with van der Waals surface area (Å²) >= 11 is 1.63. The molecule has 1 aliphatic carbocycles. The van der Waals surface area contributed by atoms with Crippen molar-refractivity contribution >= 4 is 22.3 Å². The van der Waals surface area contributed by atoms with Crippen LogP contribution in [0.4, 0.5) is 5.13 Å². The van der Waals surface area contributed by atoms with Crippen molar-refractivity contribution in [1.82, 2.24) is 4.98 Å². The van der Waals surface area contributed by atoms with Crippen molar-refractivity contribution in [3.63, 3.8) is 0 Å². The molecule has 2 aliphatic rings. The van der Waals surface area contributed by atoms with Crippen LogP contribution in [0.2, 0.25) is 0 Å². The predicted octanol–water partition coefficient (Wildman–Crippen LogP) is 3.43. The van der Waals surface area contributed by atoms with Crippen molar-refractivity contribution in [2.24, 2.45) is 0 Å². The molecule has 1 aromatic heterocycles. The van der Waals surface area contributed by atoms with Crippen LogP contribution in [-0.2, 0) is 6.42 Å². The number of carbonyl (C=O) groups excluding carboxylic acids is 1. The lowest BCUT2D eigenvalue weighted by Gasteiger charge is -2.23. The molecule has 0 amide bonds. The zero-order chi connectivity index (χ0) is 12.4. The summed E-state index contributed by atoms with van der Waals surface area (Å²) < 4.78 is 0. The number of hydrogen-bond donors (Lipinski definition) is 0. The van der Waals surface area contributed by atoms with Crippen molar-refractivity contribution in [2.45, 2.75) is 51.4 Å². The van der Waals surface area contributed by atoms with Gasteiger partial charge in [0.15, 0.2) is 10.9 Å². The summed E-state index contributed by atoms with van der Waals surface area (Å²) in [7, 11) is 0. The van der Waals surface area contributed by atoms with Crippen molar-refractivity contribution in [1.29, 1.82) is 0 Å². The maximum absolute atomic E-state index is 11.9. The average molecular weight is 264 g/mol. The zero-order valence-corrected chi connectivity index (χ0v) is 11.6. The number of Topliss-reactive ketones (excluding diaryl/α,β-unsaturated/α-hetero) is 1. The number of ketones is 1. The highest BCUT2D eigenvalue weighted by Crippen LogP contribution is 2.32. The van der Waals surface area contributed by atoms with Gasteiger partial charge in [0.25, 0.3) is 0 Å². The van der Waals surface area contributed by atoms with E-state index in [-0.39, 0.29) is 0 Å². The van der Waals surface area contributed by atoms with Crippen molar-refractivity contribution < 1.29 is 4.79 Å². The third-order valence-electron chi connectivity index (χ3n) is 3.88. The molecule has 1 aromatic rings. The molecule has 0 spiro atoms. The van der Waals surface area contributed by atoms with Gasteiger partial charge in [0.2, 0.25) is 0 Å². The van der Waals surface area contributed by atoms with E-state index in [0.717, 1.165) is 41.6 Å². The highest BCUT2D eigenvalue weighted by molar-refractivity contribution is 7.17. The van der Waals surface area contributed by atoms with E-state index < -0.39 is 0 Å². The lowest BCUT2D eigenvalue weighted by atomic mass is 10.0. The number of fused-ring (bicyclic) bond motifs is 1. The van der Waals surface area contributed by atoms with Gasteiger partial charge in [-0.25, -0.2) is 4.98 Å². The van der Waals surface area contributed by atoms with Gasteiger partial charge in [-0.2, -0.15) is 0 Å². The Hall–Kier alpha value is -0.900. The highest BCUT2D eigenvalue weighted by atomic mass is 32.1. The number of carbonyl (C=O) groups is 1. The van der Waals surface area contributed by atoms with Gasteiger partial charge >= 0.3 is 0 Å². The molecule has 1 saturated heterocycles. The Labute approximate surface area is 112 Å². The molecule has 1 fully saturated rings. The first-order chi connectivity index (χ1) is 8.84. The summed E-state index contributed by atoms with van der Waals surface area (Å²) in [5, 5.41) is 1.09. The molecule has 18 heavy (non-hydrogen) atoms. The maximum Gasteiger partial charge on any atom is 0.186 e. The van der Waals surface area contributed by atoms with Crippen LogP contribution >= 0.6 is 11.3 Å². The van der Waals surface area contributed by atoms with Crippen LogP contribution < -0.4 is 4.90 Å². The quantitative estimate of drug-likeness (QED) is 0.779. The Morgan fingerprint density at radius 1 is 0.944 bits per heavy atom. The third-order valence-corrected chi connectivity index (χ3v) is 5.08. The van der Waals surface area contributed by atoms with E-state index in [0.29, 0.717) is 12.2 Å². The van der Waals surface area contributed by atoms with Gasteiger partial charge in [0, 0.05) is 19.5 Å². The second-order valence-electron chi connectivity index (χ2n) is 5.30. The Morgan fingerprint density at radius 3 is 2.39 bits per heavy atom. The van der Waals surface area contributed by atoms with E-state index in [9.17, 15) is 4.79 Å². The number of thiazole rings is 1. The first-order valence-electron chi connectivity index (χ1n) is 7.12. The molecule has 0 aromatic carbocycles. The number of nitrogens with zero attached hydrogens (tertiary/aromatic N) is 2. The maximum atomic E-state index is 11.9. The lowest BCUT2D eigenvalue weighted by Crippen LogP contribution is -2.26. The molecule has 0 bridgehead atoms. The number of aryl methyl sites for hydroxylation is 1. The minimum Gasteiger partial charge on any atom is -0.348 e. The molecule has 0 unspecified atom stereocenters. The van der Waals surface area contributed by atoms with E-state index in [1.54, 1.807) is 11.3 Å². The molecule has 2 heterocycles. The van der Waals surface area contributed by atoms with Crippen LogP contribution in [-0.4, -0.2) is 23.9 Å². The lowest BCUT2D eigenvalue weighted by molar-refractivity contribution is 0.0976. The summed E-state index contributed by atoms with van der Waals surface area (Å²) in [5.74, 6) is 0.312. The number of rotatable bonds is 1. The van der Waals surface area contributed by atoms with Gasteiger partial charge < -0.3 is 4.90 Å². The van der Waals surface area contributed by atoms with E-state index in [1.165, 1.54) is 32.1 Å². The van der Waals surface area contributed by atoms with E-state index in [1.807, 2.05) is 0 Å². The number of aromatic nitrogens is 1. The number of hydrogen-bond acceptors (Lipinski definition) is 4. The monoisotopic (exact) mass is 264 g/mol. The van der Waals surface area contributed by atoms with Crippen molar-refractivity contribution in [3.8, 4) is 0 Å². The fourth-order valence-electron chi connectivity index (χ4n) is 2.83. The van der Waals surface area contributed by atoms with Crippen LogP contribution in [0.3, 0.4) is 0 Å². The normalized spacial score (nSPS) is 21.3. The van der Waals surface area contributed by atoms with E-state index >= 15 is 0 Å². The van der Waals surface area contributed by atoms with E-state index in [4.69, 9.17) is 4.98 Å². The molecular formula is C14H20N2OS. The molecule has 4 heteroatoms.